The molecule has 4 aliphatic rings. The molecule has 332 valence electrons. The van der Waals surface area contributed by atoms with E-state index in [1.54, 1.807) is 11.1 Å². The monoisotopic (exact) mass is 861 g/mol. The van der Waals surface area contributed by atoms with E-state index in [1.807, 2.05) is 24.8 Å². The molecule has 0 unspecified atom stereocenters. The molecule has 9 rings (SSSR count). The fraction of sp³-hybridized carbons (Fsp3) is 0.489. The van der Waals surface area contributed by atoms with Crippen LogP contribution in [-0.2, 0) is 38.1 Å². The molecule has 16 heteroatoms. The molecule has 5 aromatic rings. The second-order valence-electron chi connectivity index (χ2n) is 17.5. The van der Waals surface area contributed by atoms with Gasteiger partial charge >= 0.3 is 12.1 Å². The van der Waals surface area contributed by atoms with Crippen LogP contribution in [0.2, 0.25) is 0 Å². The van der Waals surface area contributed by atoms with E-state index in [0.29, 0.717) is 63.9 Å². The van der Waals surface area contributed by atoms with Gasteiger partial charge in [0.25, 0.3) is 0 Å². The summed E-state index contributed by atoms with van der Waals surface area (Å²) in [5.74, 6) is -0.933. The first-order chi connectivity index (χ1) is 30.5. The molecular weight excluding hydrogens is 807 g/mol. The molecule has 3 N–H and O–H groups in total. The van der Waals surface area contributed by atoms with Gasteiger partial charge in [0.2, 0.25) is 11.8 Å². The fourth-order valence-corrected chi connectivity index (χ4v) is 9.92. The van der Waals surface area contributed by atoms with Crippen LogP contribution in [0.25, 0.3) is 44.2 Å². The molecule has 6 heterocycles. The Morgan fingerprint density at radius 1 is 0.841 bits per heavy atom. The number of likely N-dealkylation sites (tertiary alicyclic amines) is 2. The third kappa shape index (κ3) is 8.39. The van der Waals surface area contributed by atoms with Gasteiger partial charge in [-0.25, -0.2) is 14.8 Å². The minimum absolute atomic E-state index is 0.000582. The minimum Gasteiger partial charge on any atom is -0.469 e. The van der Waals surface area contributed by atoms with E-state index < -0.39 is 35.9 Å². The molecule has 4 aliphatic heterocycles. The van der Waals surface area contributed by atoms with Crippen molar-refractivity contribution < 1.29 is 42.9 Å². The van der Waals surface area contributed by atoms with Crippen molar-refractivity contribution in [3.63, 3.8) is 0 Å². The number of hydrogen-bond donors (Lipinski definition) is 3. The van der Waals surface area contributed by atoms with Crippen LogP contribution >= 0.6 is 0 Å². The predicted molar refractivity (Wildman–Crippen MR) is 232 cm³/mol. The van der Waals surface area contributed by atoms with Crippen molar-refractivity contribution in [2.75, 3.05) is 53.7 Å². The lowest BCUT2D eigenvalue weighted by molar-refractivity contribution is -0.158. The van der Waals surface area contributed by atoms with E-state index in [1.165, 1.54) is 14.2 Å². The highest BCUT2D eigenvalue weighted by Crippen LogP contribution is 2.45. The van der Waals surface area contributed by atoms with Crippen molar-refractivity contribution in [3.8, 4) is 22.4 Å². The first kappa shape index (κ1) is 42.5. The number of ether oxygens (including phenoxy) is 5. The lowest BCUT2D eigenvalue weighted by Crippen LogP contribution is -2.51. The minimum atomic E-state index is -0.933. The first-order valence-corrected chi connectivity index (χ1v) is 22.0. The number of rotatable bonds is 11. The number of carbonyl (C=O) groups excluding carboxylic acids is 4. The Labute approximate surface area is 365 Å². The van der Waals surface area contributed by atoms with Gasteiger partial charge in [-0.05, 0) is 71.7 Å². The van der Waals surface area contributed by atoms with Crippen molar-refractivity contribution >= 4 is 45.7 Å². The summed E-state index contributed by atoms with van der Waals surface area (Å²) in [5.41, 5.74) is 5.56. The number of alkyl carbamates (subject to hydrolysis) is 1. The largest absolute Gasteiger partial charge is 0.469 e. The van der Waals surface area contributed by atoms with Crippen molar-refractivity contribution in [3.05, 3.63) is 72.4 Å². The second-order valence-corrected chi connectivity index (χ2v) is 17.5. The third-order valence-corrected chi connectivity index (χ3v) is 13.3. The van der Waals surface area contributed by atoms with Crippen LogP contribution in [0.4, 0.5) is 4.79 Å². The Hall–Kier alpha value is -5.84. The van der Waals surface area contributed by atoms with Crippen LogP contribution in [-0.4, -0.2) is 119 Å². The van der Waals surface area contributed by atoms with Gasteiger partial charge in [0.05, 0.1) is 81.3 Å². The summed E-state index contributed by atoms with van der Waals surface area (Å²) in [4.78, 5) is 73.3. The van der Waals surface area contributed by atoms with Gasteiger partial charge in [0.1, 0.15) is 17.7 Å². The molecule has 0 aliphatic carbocycles. The normalized spacial score (nSPS) is 21.1. The molecule has 4 atom stereocenters. The van der Waals surface area contributed by atoms with Crippen LogP contribution in [0, 0.1) is 17.8 Å². The van der Waals surface area contributed by atoms with Crippen LogP contribution in [0.1, 0.15) is 76.1 Å². The zero-order valence-corrected chi connectivity index (χ0v) is 36.2. The average Bonchev–Trinajstić information content (AvgIpc) is 4.17. The Kier molecular flexibility index (Phi) is 12.0. The maximum Gasteiger partial charge on any atom is 0.407 e. The van der Waals surface area contributed by atoms with Crippen LogP contribution in [0.3, 0.4) is 0 Å². The van der Waals surface area contributed by atoms with E-state index in [-0.39, 0.29) is 42.7 Å². The third-order valence-electron chi connectivity index (χ3n) is 13.3. The van der Waals surface area contributed by atoms with Crippen LogP contribution in [0.15, 0.2) is 60.8 Å². The number of imidazole rings is 2. The van der Waals surface area contributed by atoms with E-state index >= 15 is 0 Å². The number of hydrogen-bond acceptors (Lipinski definition) is 11. The number of nitrogens with zero attached hydrogens (tertiary/aromatic N) is 4. The summed E-state index contributed by atoms with van der Waals surface area (Å²) in [7, 11) is 2.64. The number of carbonyl (C=O) groups is 4. The molecular formula is C47H55N7O9. The second kappa shape index (κ2) is 17.7. The Morgan fingerprint density at radius 2 is 1.59 bits per heavy atom. The SMILES string of the molecule is COC(=O)C[C@H](C(=O)N1CC2(C[C@H]1c1nc3c(ccc4cc(-c5ccc(-c6cnc([C@@H]7CCCN7C(=O)[C@@H](NC(=O)OC)C(C)C)[nH]6)cc5)ccc43)[nH]1)OCCO2)C1CCOCC1. The highest BCUT2D eigenvalue weighted by Gasteiger charge is 2.53. The lowest BCUT2D eigenvalue weighted by atomic mass is 9.82. The Balaban J connectivity index is 0.938. The first-order valence-electron chi connectivity index (χ1n) is 22.0. The molecule has 0 radical (unpaired) electrons. The molecule has 0 saturated carbocycles. The maximum atomic E-state index is 14.6. The van der Waals surface area contributed by atoms with E-state index in [9.17, 15) is 19.2 Å². The molecule has 3 aromatic carbocycles. The van der Waals surface area contributed by atoms with Gasteiger partial charge in [-0.2, -0.15) is 0 Å². The highest BCUT2D eigenvalue weighted by molar-refractivity contribution is 6.05. The summed E-state index contributed by atoms with van der Waals surface area (Å²) in [6.07, 6.45) is 4.60. The van der Waals surface area contributed by atoms with Crippen LogP contribution < -0.4 is 5.32 Å². The fourth-order valence-electron chi connectivity index (χ4n) is 9.92. The van der Waals surface area contributed by atoms with Gasteiger partial charge in [-0.3, -0.25) is 14.4 Å². The van der Waals surface area contributed by atoms with Crippen molar-refractivity contribution in [1.29, 1.82) is 0 Å². The molecule has 63 heavy (non-hydrogen) atoms. The van der Waals surface area contributed by atoms with Gasteiger partial charge in [0, 0.05) is 31.6 Å². The molecule has 4 saturated heterocycles. The number of aromatic nitrogens is 4. The summed E-state index contributed by atoms with van der Waals surface area (Å²) >= 11 is 0. The van der Waals surface area contributed by atoms with Crippen molar-refractivity contribution in [1.82, 2.24) is 35.1 Å². The molecule has 2 aromatic heterocycles. The van der Waals surface area contributed by atoms with Gasteiger partial charge < -0.3 is 48.8 Å². The molecule has 4 fully saturated rings. The predicted octanol–water partition coefficient (Wildman–Crippen LogP) is 6.44. The van der Waals surface area contributed by atoms with Crippen molar-refractivity contribution in [2.24, 2.45) is 17.8 Å². The van der Waals surface area contributed by atoms with Gasteiger partial charge in [-0.15, -0.1) is 0 Å². The standard InChI is InChI=1S/C47H55N7O9/c1-27(2)40(52-46(58)60-4)45(57)53-17-5-6-37(53)42-48-25-36(50-42)30-9-7-28(8-10-30)31-11-13-33-32(22-31)12-14-35-41(33)51-43(49-35)38-24-47(62-20-21-63-47)26-54(38)44(56)34(23-39(55)59-3)29-15-18-61-19-16-29/h7-14,22,25,27,29,34,37-38,40H,5-6,15-21,23-24,26H2,1-4H3,(H,48,50)(H,49,51)(H,52,58)/t34-,37-,38-,40-/m0/s1. The molecule has 0 bridgehead atoms. The number of H-pyrrole nitrogens is 2. The Morgan fingerprint density at radius 3 is 2.32 bits per heavy atom. The van der Waals surface area contributed by atoms with E-state index in [2.05, 4.69) is 63.8 Å². The number of amides is 3. The zero-order valence-electron chi connectivity index (χ0n) is 36.2. The van der Waals surface area contributed by atoms with Gasteiger partial charge in [-0.1, -0.05) is 56.3 Å². The van der Waals surface area contributed by atoms with Gasteiger partial charge in [0.15, 0.2) is 5.79 Å². The maximum absolute atomic E-state index is 14.6. The summed E-state index contributed by atoms with van der Waals surface area (Å²) in [6.45, 7) is 6.63. The zero-order chi connectivity index (χ0) is 43.8. The molecule has 16 nitrogen and oxygen atoms in total. The average molecular weight is 862 g/mol. The summed E-state index contributed by atoms with van der Waals surface area (Å²) < 4.78 is 27.7. The summed E-state index contributed by atoms with van der Waals surface area (Å²) in [5, 5.41) is 4.70. The number of methoxy groups -OCH3 is 2. The molecule has 1 spiro atoms. The smallest absolute Gasteiger partial charge is 0.407 e. The number of benzene rings is 3. The summed E-state index contributed by atoms with van der Waals surface area (Å²) in [6, 6.07) is 17.4. The number of fused-ring (bicyclic) bond motifs is 3. The lowest BCUT2D eigenvalue weighted by Gasteiger charge is -2.33. The topological polar surface area (TPSA) is 190 Å². The van der Waals surface area contributed by atoms with E-state index in [4.69, 9.17) is 33.7 Å². The van der Waals surface area contributed by atoms with E-state index in [0.717, 1.165) is 57.0 Å². The van der Waals surface area contributed by atoms with Crippen molar-refractivity contribution in [2.45, 2.75) is 76.3 Å². The Bertz CT molecular complexity index is 2490. The van der Waals surface area contributed by atoms with Crippen LogP contribution in [0.5, 0.6) is 0 Å². The quantitative estimate of drug-likeness (QED) is 0.124. The number of aromatic amines is 2. The molecule has 3 amide bonds. The number of nitrogens with one attached hydrogen (secondary N) is 3. The number of esters is 1. The highest BCUT2D eigenvalue weighted by atomic mass is 16.7.